The number of phenolic OH excluding ortho intramolecular Hbond substituents is 2. The van der Waals surface area contributed by atoms with E-state index in [2.05, 4.69) is 31.6 Å². The fraction of sp³-hybridized carbons (Fsp3) is 0.395. The van der Waals surface area contributed by atoms with Gasteiger partial charge in [0, 0.05) is 36.4 Å². The highest BCUT2D eigenvalue weighted by molar-refractivity contribution is 5.97. The second-order valence-electron chi connectivity index (χ2n) is 15.2. The van der Waals surface area contributed by atoms with E-state index in [-0.39, 0.29) is 36.7 Å². The summed E-state index contributed by atoms with van der Waals surface area (Å²) in [5.41, 5.74) is 8.39. The number of nitrogens with two attached hydrogens (primary N) is 1. The maximum Gasteiger partial charge on any atom is 0.326 e. The number of carbonyl (C=O) groups is 6. The molecule has 7 atom stereocenters. The lowest BCUT2D eigenvalue weighted by atomic mass is 9.96. The van der Waals surface area contributed by atoms with Gasteiger partial charge in [0.2, 0.25) is 29.5 Å². The van der Waals surface area contributed by atoms with Crippen molar-refractivity contribution in [3.8, 4) is 11.5 Å². The number of aliphatic hydroxyl groups is 1. The lowest BCUT2D eigenvalue weighted by molar-refractivity contribution is -0.142. The minimum atomic E-state index is -1.47. The number of aromatic nitrogens is 1. The first-order valence-electron chi connectivity index (χ1n) is 19.7. The van der Waals surface area contributed by atoms with Crippen molar-refractivity contribution < 1.29 is 49.2 Å². The molecule has 0 bridgehead atoms. The van der Waals surface area contributed by atoms with Crippen LogP contribution in [0.1, 0.15) is 50.8 Å². The summed E-state index contributed by atoms with van der Waals surface area (Å²) < 4.78 is 0. The predicted molar refractivity (Wildman–Crippen MR) is 222 cm³/mol. The van der Waals surface area contributed by atoms with Crippen molar-refractivity contribution in [2.45, 2.75) is 89.6 Å². The standard InChI is InChI=1S/C43H55N7O10/c1-5-24(4)37(50-39(55)32(18-25-10-14-28(52)15-11-25)46-40(56)35(22-51)49-41(57)36(44)23(2)3)42(58)47-33(20-27-21-45-31-9-7-6-8-30(27)31)38(54)48-34(43(59)60)19-26-12-16-29(53)17-13-26/h6-17,21,23-24,32-37,45,51-53H,5,18-20,22,44H2,1-4H3,(H,46,56)(H,47,58)(H,48,54)(H,49,57)(H,50,55)(H,59,60)/t24-,32-,33-,34-,35-,36-,37-/m0/s1. The van der Waals surface area contributed by atoms with Crippen LogP contribution >= 0.6 is 0 Å². The van der Waals surface area contributed by atoms with Crippen molar-refractivity contribution >= 4 is 46.4 Å². The molecule has 0 fully saturated rings. The van der Waals surface area contributed by atoms with Gasteiger partial charge in [0.25, 0.3) is 0 Å². The van der Waals surface area contributed by atoms with Crippen molar-refractivity contribution in [3.05, 3.63) is 95.7 Å². The summed E-state index contributed by atoms with van der Waals surface area (Å²) in [5.74, 6) is -6.15. The number of H-pyrrole nitrogens is 1. The van der Waals surface area contributed by atoms with Crippen LogP contribution in [0.3, 0.4) is 0 Å². The monoisotopic (exact) mass is 829 g/mol. The maximum atomic E-state index is 14.3. The van der Waals surface area contributed by atoms with Crippen molar-refractivity contribution in [2.24, 2.45) is 17.6 Å². The molecule has 1 aromatic heterocycles. The Morgan fingerprint density at radius 2 is 1.12 bits per heavy atom. The Hall–Kier alpha value is -6.46. The zero-order valence-corrected chi connectivity index (χ0v) is 34.0. The molecule has 0 aliphatic heterocycles. The summed E-state index contributed by atoms with van der Waals surface area (Å²) in [6.45, 7) is 6.11. The number of carboxylic acids is 1. The number of hydrogen-bond acceptors (Lipinski definition) is 10. The summed E-state index contributed by atoms with van der Waals surface area (Å²) in [4.78, 5) is 84.2. The van der Waals surface area contributed by atoms with E-state index < -0.39 is 84.3 Å². The summed E-state index contributed by atoms with van der Waals surface area (Å²) in [7, 11) is 0. The zero-order valence-electron chi connectivity index (χ0n) is 34.0. The Morgan fingerprint density at radius 1 is 0.633 bits per heavy atom. The molecule has 0 spiro atoms. The van der Waals surface area contributed by atoms with E-state index in [4.69, 9.17) is 5.73 Å². The molecule has 1 heterocycles. The number of carbonyl (C=O) groups excluding carboxylic acids is 5. The quantitative estimate of drug-likeness (QED) is 0.0566. The first-order valence-corrected chi connectivity index (χ1v) is 19.7. The van der Waals surface area contributed by atoms with E-state index in [0.29, 0.717) is 23.1 Å². The number of aromatic amines is 1. The Kier molecular flexibility index (Phi) is 16.6. The smallest absolute Gasteiger partial charge is 0.326 e. The van der Waals surface area contributed by atoms with Gasteiger partial charge < -0.3 is 57.7 Å². The highest BCUT2D eigenvalue weighted by atomic mass is 16.4. The number of carboxylic acid groups (broad SMARTS) is 1. The van der Waals surface area contributed by atoms with Crippen LogP contribution in [-0.2, 0) is 48.0 Å². The van der Waals surface area contributed by atoms with E-state index in [1.807, 2.05) is 24.3 Å². The molecule has 17 heteroatoms. The van der Waals surface area contributed by atoms with Gasteiger partial charge in [-0.3, -0.25) is 24.0 Å². The molecule has 322 valence electrons. The molecule has 0 saturated carbocycles. The normalized spacial score (nSPS) is 14.8. The largest absolute Gasteiger partial charge is 0.508 e. The van der Waals surface area contributed by atoms with Gasteiger partial charge >= 0.3 is 5.97 Å². The Morgan fingerprint density at radius 3 is 1.67 bits per heavy atom. The number of aromatic hydroxyl groups is 2. The average molecular weight is 830 g/mol. The van der Waals surface area contributed by atoms with Crippen molar-refractivity contribution in [1.29, 1.82) is 0 Å². The highest BCUT2D eigenvalue weighted by Gasteiger charge is 2.35. The first-order chi connectivity index (χ1) is 28.5. The molecule has 0 saturated heterocycles. The first kappa shape index (κ1) is 46.2. The maximum absolute atomic E-state index is 14.3. The summed E-state index contributed by atoms with van der Waals surface area (Å²) in [6, 6.07) is 11.2. The Labute approximate surface area is 347 Å². The van der Waals surface area contributed by atoms with Crippen molar-refractivity contribution in [1.82, 2.24) is 31.6 Å². The number of amides is 5. The minimum Gasteiger partial charge on any atom is -0.508 e. The second-order valence-corrected chi connectivity index (χ2v) is 15.2. The lowest BCUT2D eigenvalue weighted by Crippen LogP contribution is -2.61. The molecule has 5 amide bonds. The predicted octanol–water partition coefficient (Wildman–Crippen LogP) is 1.14. The molecule has 0 radical (unpaired) electrons. The SMILES string of the molecule is CC[C@H](C)[C@H](NC(=O)[C@H](Cc1ccc(O)cc1)NC(=O)[C@H](CO)NC(=O)[C@@H](N)C(C)C)C(=O)N[C@@H](Cc1c[nH]c2ccccc12)C(=O)N[C@@H](Cc1ccc(O)cc1)C(=O)O. The Balaban J connectivity index is 1.62. The van der Waals surface area contributed by atoms with E-state index in [0.717, 1.165) is 10.9 Å². The molecule has 17 nitrogen and oxygen atoms in total. The molecule has 0 aliphatic rings. The van der Waals surface area contributed by atoms with Crippen LogP contribution in [-0.4, -0.2) is 104 Å². The number of fused-ring (bicyclic) bond motifs is 1. The van der Waals surface area contributed by atoms with Crippen LogP contribution in [0, 0.1) is 11.8 Å². The summed E-state index contributed by atoms with van der Waals surface area (Å²) in [6.07, 6.45) is 1.75. The number of aliphatic hydroxyl groups excluding tert-OH is 1. The van der Waals surface area contributed by atoms with Crippen LogP contribution in [0.5, 0.6) is 11.5 Å². The molecule has 4 aromatic rings. The number of para-hydroxylation sites is 1. The third kappa shape index (κ3) is 12.8. The summed E-state index contributed by atoms with van der Waals surface area (Å²) >= 11 is 0. The molecule has 3 aromatic carbocycles. The van der Waals surface area contributed by atoms with Gasteiger partial charge in [-0.1, -0.05) is 76.6 Å². The minimum absolute atomic E-state index is 0.0154. The molecule has 12 N–H and O–H groups in total. The third-order valence-corrected chi connectivity index (χ3v) is 10.4. The fourth-order valence-corrected chi connectivity index (χ4v) is 6.40. The van der Waals surface area contributed by atoms with Crippen LogP contribution in [0.15, 0.2) is 79.0 Å². The van der Waals surface area contributed by atoms with E-state index in [9.17, 15) is 49.2 Å². The lowest BCUT2D eigenvalue weighted by Gasteiger charge is -2.29. The van der Waals surface area contributed by atoms with Gasteiger partial charge in [-0.25, -0.2) is 4.79 Å². The van der Waals surface area contributed by atoms with Gasteiger partial charge in [0.05, 0.1) is 12.6 Å². The van der Waals surface area contributed by atoms with E-state index in [1.165, 1.54) is 48.5 Å². The zero-order chi connectivity index (χ0) is 44.1. The fourth-order valence-electron chi connectivity index (χ4n) is 6.40. The molecule has 0 unspecified atom stereocenters. The van der Waals surface area contributed by atoms with Gasteiger partial charge in [0.1, 0.15) is 41.7 Å². The van der Waals surface area contributed by atoms with Crippen LogP contribution in [0.25, 0.3) is 10.9 Å². The van der Waals surface area contributed by atoms with Gasteiger partial charge in [0.15, 0.2) is 0 Å². The molecule has 60 heavy (non-hydrogen) atoms. The number of hydrogen-bond donors (Lipinski definition) is 11. The number of nitrogens with one attached hydrogen (secondary N) is 6. The topological polar surface area (TPSA) is 285 Å². The number of rotatable bonds is 21. The number of phenols is 2. The third-order valence-electron chi connectivity index (χ3n) is 10.4. The van der Waals surface area contributed by atoms with E-state index >= 15 is 0 Å². The average Bonchev–Trinajstić information content (AvgIpc) is 3.64. The molecule has 0 aliphatic carbocycles. The van der Waals surface area contributed by atoms with Crippen LogP contribution in [0.2, 0.25) is 0 Å². The number of aliphatic carboxylic acids is 1. The second kappa shape index (κ2) is 21.5. The Bertz CT molecular complexity index is 2100. The highest BCUT2D eigenvalue weighted by Crippen LogP contribution is 2.20. The van der Waals surface area contributed by atoms with Crippen molar-refractivity contribution in [2.75, 3.05) is 6.61 Å². The van der Waals surface area contributed by atoms with Crippen LogP contribution < -0.4 is 32.3 Å². The van der Waals surface area contributed by atoms with Crippen molar-refractivity contribution in [3.63, 3.8) is 0 Å². The number of benzene rings is 3. The van der Waals surface area contributed by atoms with Gasteiger partial charge in [-0.05, 0) is 58.9 Å². The van der Waals surface area contributed by atoms with Gasteiger partial charge in [-0.2, -0.15) is 0 Å². The van der Waals surface area contributed by atoms with E-state index in [1.54, 1.807) is 33.9 Å². The molecule has 4 rings (SSSR count). The molecular formula is C43H55N7O10. The van der Waals surface area contributed by atoms with Crippen LogP contribution in [0.4, 0.5) is 0 Å². The van der Waals surface area contributed by atoms with Gasteiger partial charge in [-0.15, -0.1) is 0 Å². The summed E-state index contributed by atoms with van der Waals surface area (Å²) in [5, 5.41) is 53.4. The molecular weight excluding hydrogens is 775 g/mol.